The molecule has 2 aromatic rings. The first-order valence-electron chi connectivity index (χ1n) is 10.5. The summed E-state index contributed by atoms with van der Waals surface area (Å²) in [7, 11) is 0. The molecule has 136 valence electrons. The smallest absolute Gasteiger partial charge is 0.0138 e. The van der Waals surface area contributed by atoms with Crippen molar-refractivity contribution in [2.45, 2.75) is 31.1 Å². The van der Waals surface area contributed by atoms with Crippen molar-refractivity contribution in [2.75, 3.05) is 39.3 Å². The van der Waals surface area contributed by atoms with Gasteiger partial charge in [-0.3, -0.25) is 0 Å². The normalized spacial score (nSPS) is 28.8. The lowest BCUT2D eigenvalue weighted by atomic mass is 9.79. The highest BCUT2D eigenvalue weighted by atomic mass is 15.2. The molecule has 0 amide bonds. The number of benzene rings is 2. The summed E-state index contributed by atoms with van der Waals surface area (Å²) in [6.07, 6.45) is 4.12. The molecular formula is C24H30N2. The van der Waals surface area contributed by atoms with E-state index in [-0.39, 0.29) is 0 Å². The summed E-state index contributed by atoms with van der Waals surface area (Å²) >= 11 is 0. The van der Waals surface area contributed by atoms with Gasteiger partial charge in [0.1, 0.15) is 0 Å². The van der Waals surface area contributed by atoms with Crippen LogP contribution < -0.4 is 0 Å². The van der Waals surface area contributed by atoms with E-state index in [1.54, 1.807) is 11.1 Å². The van der Waals surface area contributed by atoms with Gasteiger partial charge < -0.3 is 9.80 Å². The van der Waals surface area contributed by atoms with Gasteiger partial charge in [-0.15, -0.1) is 0 Å². The fourth-order valence-electron chi connectivity index (χ4n) is 5.72. The number of likely N-dealkylation sites (tertiary alicyclic amines) is 2. The predicted octanol–water partition coefficient (Wildman–Crippen LogP) is 4.33. The van der Waals surface area contributed by atoms with Crippen LogP contribution in [0.4, 0.5) is 0 Å². The highest BCUT2D eigenvalue weighted by molar-refractivity contribution is 5.46. The van der Waals surface area contributed by atoms with Crippen molar-refractivity contribution in [3.05, 3.63) is 71.3 Å². The molecule has 2 heteroatoms. The molecule has 2 aliphatic heterocycles. The Hall–Kier alpha value is -1.64. The second-order valence-corrected chi connectivity index (χ2v) is 8.43. The van der Waals surface area contributed by atoms with Crippen LogP contribution in [0.5, 0.6) is 0 Å². The Kier molecular flexibility index (Phi) is 4.56. The van der Waals surface area contributed by atoms with E-state index in [9.17, 15) is 0 Å². The van der Waals surface area contributed by atoms with E-state index in [1.807, 2.05) is 0 Å². The summed E-state index contributed by atoms with van der Waals surface area (Å²) in [5.74, 6) is 2.06. The zero-order chi connectivity index (χ0) is 17.3. The molecule has 2 saturated heterocycles. The average Bonchev–Trinajstić information content (AvgIpc) is 3.32. The quantitative estimate of drug-likeness (QED) is 0.813. The lowest BCUT2D eigenvalue weighted by Crippen LogP contribution is -2.43. The van der Waals surface area contributed by atoms with Crippen molar-refractivity contribution in [2.24, 2.45) is 5.92 Å². The van der Waals surface area contributed by atoms with Gasteiger partial charge in [0.2, 0.25) is 0 Å². The van der Waals surface area contributed by atoms with Crippen LogP contribution in [0.15, 0.2) is 54.6 Å². The number of hydrogen-bond donors (Lipinski definition) is 0. The SMILES string of the molecule is c1ccc(C2c3ccccc3[C@@H]3CCN(CCN4CCCC4)C[C@H]23)cc1. The second-order valence-electron chi connectivity index (χ2n) is 8.43. The van der Waals surface area contributed by atoms with Gasteiger partial charge in [0.05, 0.1) is 0 Å². The zero-order valence-electron chi connectivity index (χ0n) is 15.7. The highest BCUT2D eigenvalue weighted by Gasteiger charge is 2.43. The number of fused-ring (bicyclic) bond motifs is 3. The molecule has 3 atom stereocenters. The fraction of sp³-hybridized carbons (Fsp3) is 0.500. The Morgan fingerprint density at radius 3 is 2.23 bits per heavy atom. The van der Waals surface area contributed by atoms with Crippen molar-refractivity contribution in [1.29, 1.82) is 0 Å². The molecule has 0 N–H and O–H groups in total. The minimum absolute atomic E-state index is 0.576. The molecule has 1 unspecified atom stereocenters. The molecule has 0 spiro atoms. The van der Waals surface area contributed by atoms with Crippen LogP contribution in [-0.2, 0) is 0 Å². The molecule has 2 fully saturated rings. The van der Waals surface area contributed by atoms with Gasteiger partial charge in [-0.1, -0.05) is 54.6 Å². The third kappa shape index (κ3) is 3.00. The third-order valence-corrected chi connectivity index (χ3v) is 6.99. The minimum atomic E-state index is 0.576. The van der Waals surface area contributed by atoms with Gasteiger partial charge >= 0.3 is 0 Å². The highest BCUT2D eigenvalue weighted by Crippen LogP contribution is 2.52. The van der Waals surface area contributed by atoms with Crippen molar-refractivity contribution in [3.8, 4) is 0 Å². The van der Waals surface area contributed by atoms with Crippen LogP contribution in [0, 0.1) is 5.92 Å². The molecule has 1 aliphatic carbocycles. The monoisotopic (exact) mass is 346 g/mol. The second kappa shape index (κ2) is 7.17. The molecule has 2 nitrogen and oxygen atoms in total. The Balaban J connectivity index is 1.37. The summed E-state index contributed by atoms with van der Waals surface area (Å²) in [6, 6.07) is 20.5. The number of hydrogen-bond acceptors (Lipinski definition) is 2. The summed E-state index contributed by atoms with van der Waals surface area (Å²) < 4.78 is 0. The van der Waals surface area contributed by atoms with Crippen LogP contribution in [-0.4, -0.2) is 49.1 Å². The van der Waals surface area contributed by atoms with Crippen LogP contribution in [0.3, 0.4) is 0 Å². The largest absolute Gasteiger partial charge is 0.302 e. The molecular weight excluding hydrogens is 316 g/mol. The standard InChI is InChI=1S/C24H30N2/c1-2-8-19(9-3-1)24-22-11-5-4-10-20(22)21-12-15-26(18-23(21)24)17-16-25-13-6-7-14-25/h1-5,8-11,21,23-24H,6-7,12-18H2/t21-,23-,24?/m0/s1. The Morgan fingerprint density at radius 1 is 0.731 bits per heavy atom. The summed E-state index contributed by atoms with van der Waals surface area (Å²) in [6.45, 7) is 7.68. The molecule has 2 heterocycles. The lowest BCUT2D eigenvalue weighted by molar-refractivity contribution is 0.139. The summed E-state index contributed by atoms with van der Waals surface area (Å²) in [5, 5.41) is 0. The van der Waals surface area contributed by atoms with Crippen molar-refractivity contribution < 1.29 is 0 Å². The van der Waals surface area contributed by atoms with Gasteiger partial charge in [0.25, 0.3) is 0 Å². The fourth-order valence-corrected chi connectivity index (χ4v) is 5.72. The Morgan fingerprint density at radius 2 is 1.42 bits per heavy atom. The zero-order valence-corrected chi connectivity index (χ0v) is 15.7. The Bertz CT molecular complexity index is 735. The molecule has 3 aliphatic rings. The van der Waals surface area contributed by atoms with E-state index in [0.29, 0.717) is 5.92 Å². The van der Waals surface area contributed by atoms with E-state index in [1.165, 1.54) is 64.1 Å². The van der Waals surface area contributed by atoms with Crippen molar-refractivity contribution in [3.63, 3.8) is 0 Å². The van der Waals surface area contributed by atoms with Crippen LogP contribution >= 0.6 is 0 Å². The predicted molar refractivity (Wildman–Crippen MR) is 108 cm³/mol. The van der Waals surface area contributed by atoms with E-state index in [2.05, 4.69) is 64.4 Å². The van der Waals surface area contributed by atoms with Gasteiger partial charge in [0, 0.05) is 25.6 Å². The van der Waals surface area contributed by atoms with Gasteiger partial charge in [-0.25, -0.2) is 0 Å². The van der Waals surface area contributed by atoms with E-state index in [0.717, 1.165) is 11.8 Å². The molecule has 5 rings (SSSR count). The number of nitrogens with zero attached hydrogens (tertiary/aromatic N) is 2. The average molecular weight is 347 g/mol. The van der Waals surface area contributed by atoms with E-state index >= 15 is 0 Å². The van der Waals surface area contributed by atoms with Gasteiger partial charge in [0.15, 0.2) is 0 Å². The maximum absolute atomic E-state index is 2.75. The Labute approximate surface area is 157 Å². The third-order valence-electron chi connectivity index (χ3n) is 6.99. The van der Waals surface area contributed by atoms with Gasteiger partial charge in [-0.2, -0.15) is 0 Å². The minimum Gasteiger partial charge on any atom is -0.302 e. The van der Waals surface area contributed by atoms with E-state index < -0.39 is 0 Å². The van der Waals surface area contributed by atoms with E-state index in [4.69, 9.17) is 0 Å². The maximum Gasteiger partial charge on any atom is 0.0138 e. The number of piperidine rings is 1. The molecule has 0 radical (unpaired) electrons. The molecule has 0 aromatic heterocycles. The van der Waals surface area contributed by atoms with Crippen LogP contribution in [0.1, 0.15) is 47.8 Å². The molecule has 26 heavy (non-hydrogen) atoms. The molecule has 0 bridgehead atoms. The molecule has 0 saturated carbocycles. The van der Waals surface area contributed by atoms with Crippen molar-refractivity contribution in [1.82, 2.24) is 9.80 Å². The number of rotatable bonds is 4. The van der Waals surface area contributed by atoms with Gasteiger partial charge in [-0.05, 0) is 67.4 Å². The first-order chi connectivity index (χ1) is 12.9. The first kappa shape index (κ1) is 16.5. The van der Waals surface area contributed by atoms with Crippen LogP contribution in [0.25, 0.3) is 0 Å². The van der Waals surface area contributed by atoms with Crippen molar-refractivity contribution >= 4 is 0 Å². The molecule has 2 aromatic carbocycles. The lowest BCUT2D eigenvalue weighted by Gasteiger charge is -2.38. The summed E-state index contributed by atoms with van der Waals surface area (Å²) in [5.41, 5.74) is 4.73. The maximum atomic E-state index is 2.75. The first-order valence-corrected chi connectivity index (χ1v) is 10.5. The topological polar surface area (TPSA) is 6.48 Å². The summed E-state index contributed by atoms with van der Waals surface area (Å²) in [4.78, 5) is 5.41. The van der Waals surface area contributed by atoms with Crippen LogP contribution in [0.2, 0.25) is 0 Å².